The Morgan fingerprint density at radius 2 is 1.88 bits per heavy atom. The number of pyridine rings is 1. The molecule has 24 heavy (non-hydrogen) atoms. The van der Waals surface area contributed by atoms with E-state index in [1.54, 1.807) is 0 Å². The smallest absolute Gasteiger partial charge is 0.258 e. The second-order valence-corrected chi connectivity index (χ2v) is 7.62. The minimum Gasteiger partial charge on any atom is -0.311 e. The number of benzene rings is 1. The predicted molar refractivity (Wildman–Crippen MR) is 100 cm³/mol. The van der Waals surface area contributed by atoms with Gasteiger partial charge in [-0.15, -0.1) is 12.4 Å². The van der Waals surface area contributed by atoms with Crippen LogP contribution in [-0.4, -0.2) is 29.1 Å². The number of aromatic nitrogens is 1. The Balaban J connectivity index is 0.00000146. The third kappa shape index (κ3) is 2.41. The molecule has 0 N–H and O–H groups in total. The summed E-state index contributed by atoms with van der Waals surface area (Å²) >= 11 is 0. The van der Waals surface area contributed by atoms with Crippen LogP contribution in [0.3, 0.4) is 0 Å². The fraction of sp³-hybridized carbons (Fsp3) is 0.550. The van der Waals surface area contributed by atoms with Gasteiger partial charge in [-0.25, -0.2) is 0 Å². The maximum atomic E-state index is 13.2. The first kappa shape index (κ1) is 16.2. The number of nitrogens with zero attached hydrogens (tertiary/aromatic N) is 2. The molecule has 3 unspecified atom stereocenters. The van der Waals surface area contributed by atoms with Crippen LogP contribution in [0.1, 0.15) is 42.9 Å². The van der Waals surface area contributed by atoms with Gasteiger partial charge in [0.25, 0.3) is 5.56 Å². The van der Waals surface area contributed by atoms with E-state index >= 15 is 0 Å². The zero-order valence-electron chi connectivity index (χ0n) is 14.0. The summed E-state index contributed by atoms with van der Waals surface area (Å²) in [5, 5.41) is 2.22. The SMILES string of the molecule is Cl.O=c1c2cccc3c2c(cn1C1CCN2CCCC1C2)CCC3. The van der Waals surface area contributed by atoms with Crippen molar-refractivity contribution in [1.29, 1.82) is 0 Å². The van der Waals surface area contributed by atoms with Gasteiger partial charge in [-0.3, -0.25) is 4.79 Å². The quantitative estimate of drug-likeness (QED) is 0.790. The summed E-state index contributed by atoms with van der Waals surface area (Å²) in [6.45, 7) is 3.59. The van der Waals surface area contributed by atoms with Crippen LogP contribution < -0.4 is 5.56 Å². The Kier molecular flexibility index (Phi) is 4.17. The molecule has 0 radical (unpaired) electrons. The normalized spacial score (nSPS) is 28.4. The second kappa shape index (κ2) is 6.20. The monoisotopic (exact) mass is 344 g/mol. The molecular formula is C20H25ClN2O. The van der Waals surface area contributed by atoms with Gasteiger partial charge in [-0.1, -0.05) is 12.1 Å². The van der Waals surface area contributed by atoms with Gasteiger partial charge in [0.2, 0.25) is 0 Å². The highest BCUT2D eigenvalue weighted by molar-refractivity contribution is 5.88. The fourth-order valence-corrected chi connectivity index (χ4v) is 5.23. The number of fused-ring (bicyclic) bond motifs is 2. The maximum Gasteiger partial charge on any atom is 0.258 e. The first-order valence-electron chi connectivity index (χ1n) is 9.19. The summed E-state index contributed by atoms with van der Waals surface area (Å²) in [4.78, 5) is 15.8. The summed E-state index contributed by atoms with van der Waals surface area (Å²) in [5.74, 6) is 0.659. The summed E-state index contributed by atoms with van der Waals surface area (Å²) < 4.78 is 2.13. The molecule has 3 heterocycles. The van der Waals surface area contributed by atoms with Gasteiger partial charge in [0.05, 0.1) is 0 Å². The number of aryl methyl sites for hydroxylation is 2. The molecule has 0 spiro atoms. The Hall–Kier alpha value is -1.32. The predicted octanol–water partition coefficient (Wildman–Crippen LogP) is 3.57. The largest absolute Gasteiger partial charge is 0.311 e. The first-order valence-corrected chi connectivity index (χ1v) is 9.19. The zero-order chi connectivity index (χ0) is 15.4. The van der Waals surface area contributed by atoms with E-state index in [1.807, 2.05) is 6.07 Å². The molecule has 3 atom stereocenters. The zero-order valence-corrected chi connectivity index (χ0v) is 14.9. The number of hydrogen-bond donors (Lipinski definition) is 0. The van der Waals surface area contributed by atoms with Gasteiger partial charge in [-0.05, 0) is 73.6 Å². The van der Waals surface area contributed by atoms with Crippen LogP contribution >= 0.6 is 12.4 Å². The highest BCUT2D eigenvalue weighted by Gasteiger charge is 2.34. The van der Waals surface area contributed by atoms with Crippen molar-refractivity contribution in [2.75, 3.05) is 19.6 Å². The van der Waals surface area contributed by atoms with Crippen molar-refractivity contribution < 1.29 is 0 Å². The van der Waals surface area contributed by atoms with Crippen molar-refractivity contribution in [2.24, 2.45) is 5.92 Å². The van der Waals surface area contributed by atoms with Gasteiger partial charge in [0.1, 0.15) is 0 Å². The Morgan fingerprint density at radius 1 is 1.00 bits per heavy atom. The molecule has 2 aliphatic heterocycles. The number of rotatable bonds is 1. The van der Waals surface area contributed by atoms with Crippen molar-refractivity contribution in [3.8, 4) is 0 Å². The lowest BCUT2D eigenvalue weighted by Gasteiger charge is -2.43. The maximum absolute atomic E-state index is 13.2. The lowest BCUT2D eigenvalue weighted by atomic mass is 9.84. The van der Waals surface area contributed by atoms with Crippen LogP contribution in [0.25, 0.3) is 10.8 Å². The van der Waals surface area contributed by atoms with Gasteiger partial charge in [0, 0.05) is 30.7 Å². The van der Waals surface area contributed by atoms with Crippen LogP contribution in [-0.2, 0) is 12.8 Å². The van der Waals surface area contributed by atoms with E-state index < -0.39 is 0 Å². The molecule has 1 aromatic heterocycles. The van der Waals surface area contributed by atoms with E-state index in [2.05, 4.69) is 27.8 Å². The second-order valence-electron chi connectivity index (χ2n) is 7.62. The number of piperidine rings is 2. The van der Waals surface area contributed by atoms with Gasteiger partial charge < -0.3 is 9.47 Å². The molecule has 128 valence electrons. The van der Waals surface area contributed by atoms with Crippen LogP contribution in [0.2, 0.25) is 0 Å². The number of halogens is 1. The summed E-state index contributed by atoms with van der Waals surface area (Å²) in [6, 6.07) is 6.73. The van der Waals surface area contributed by atoms with Crippen LogP contribution in [0.5, 0.6) is 0 Å². The molecule has 1 aliphatic carbocycles. The minimum atomic E-state index is 0. The van der Waals surface area contributed by atoms with E-state index in [1.165, 1.54) is 48.9 Å². The van der Waals surface area contributed by atoms with Crippen molar-refractivity contribution in [3.05, 3.63) is 45.9 Å². The Morgan fingerprint density at radius 3 is 2.79 bits per heavy atom. The van der Waals surface area contributed by atoms with Crippen LogP contribution in [0, 0.1) is 5.92 Å². The molecule has 3 aliphatic rings. The lowest BCUT2D eigenvalue weighted by Crippen LogP contribution is -2.47. The van der Waals surface area contributed by atoms with Gasteiger partial charge in [0.15, 0.2) is 0 Å². The average Bonchev–Trinajstić information content (AvgIpc) is 2.59. The minimum absolute atomic E-state index is 0. The summed E-state index contributed by atoms with van der Waals surface area (Å²) in [5.41, 5.74) is 3.02. The molecule has 3 nitrogen and oxygen atoms in total. The third-order valence-corrected chi connectivity index (χ3v) is 6.31. The van der Waals surface area contributed by atoms with Crippen molar-refractivity contribution in [1.82, 2.24) is 9.47 Å². The van der Waals surface area contributed by atoms with Crippen molar-refractivity contribution in [2.45, 2.75) is 44.6 Å². The van der Waals surface area contributed by atoms with E-state index in [0.29, 0.717) is 12.0 Å². The Bertz CT molecular complexity index is 828. The Labute approximate surface area is 149 Å². The number of hydrogen-bond acceptors (Lipinski definition) is 2. The highest BCUT2D eigenvalue weighted by Crippen LogP contribution is 2.36. The van der Waals surface area contributed by atoms with Crippen molar-refractivity contribution in [3.63, 3.8) is 0 Å². The molecule has 0 saturated carbocycles. The molecule has 2 saturated heterocycles. The van der Waals surface area contributed by atoms with Crippen LogP contribution in [0.4, 0.5) is 0 Å². The molecule has 0 amide bonds. The first-order chi connectivity index (χ1) is 11.3. The van der Waals surface area contributed by atoms with E-state index in [-0.39, 0.29) is 18.0 Å². The van der Waals surface area contributed by atoms with E-state index in [0.717, 1.165) is 31.2 Å². The standard InChI is InChI=1S/C20H24N2O.ClH/c23-20-17-8-2-5-14-4-1-6-16(19(14)17)13-22(20)18-9-11-21-10-3-7-15(18)12-21;/h2,5,8,13,15,18H,1,3-4,6-7,9-12H2;1H. The lowest BCUT2D eigenvalue weighted by molar-refractivity contribution is 0.0774. The molecule has 5 rings (SSSR count). The summed E-state index contributed by atoms with van der Waals surface area (Å²) in [6.07, 6.45) is 9.39. The van der Waals surface area contributed by atoms with Crippen molar-refractivity contribution >= 4 is 23.2 Å². The van der Waals surface area contributed by atoms with E-state index in [4.69, 9.17) is 0 Å². The molecular weight excluding hydrogens is 320 g/mol. The van der Waals surface area contributed by atoms with E-state index in [9.17, 15) is 4.79 Å². The van der Waals surface area contributed by atoms with Crippen LogP contribution in [0.15, 0.2) is 29.2 Å². The summed E-state index contributed by atoms with van der Waals surface area (Å²) in [7, 11) is 0. The molecule has 1 aromatic carbocycles. The van der Waals surface area contributed by atoms with Gasteiger partial charge in [-0.2, -0.15) is 0 Å². The average molecular weight is 345 g/mol. The highest BCUT2D eigenvalue weighted by atomic mass is 35.5. The molecule has 2 bridgehead atoms. The molecule has 2 fully saturated rings. The molecule has 2 aromatic rings. The topological polar surface area (TPSA) is 25.2 Å². The third-order valence-electron chi connectivity index (χ3n) is 6.31. The fourth-order valence-electron chi connectivity index (χ4n) is 5.23. The molecule has 4 heteroatoms. The van der Waals surface area contributed by atoms with Gasteiger partial charge >= 0.3 is 0 Å².